The standard InChI is InChI=1S/C16H14ClNO2/c1-3-20-16(19)12-6-4-5-10-11-7-8-13(17)9(2)14(11)18-15(10)12/h4-8,18H,3H2,1-2H3. The minimum absolute atomic E-state index is 0.312. The summed E-state index contributed by atoms with van der Waals surface area (Å²) in [5.74, 6) is -0.312. The van der Waals surface area contributed by atoms with Gasteiger partial charge in [0.15, 0.2) is 0 Å². The van der Waals surface area contributed by atoms with E-state index in [1.165, 1.54) is 0 Å². The van der Waals surface area contributed by atoms with E-state index in [0.29, 0.717) is 17.2 Å². The van der Waals surface area contributed by atoms with Crippen molar-refractivity contribution in [3.05, 3.63) is 46.5 Å². The molecule has 0 radical (unpaired) electrons. The summed E-state index contributed by atoms with van der Waals surface area (Å²) >= 11 is 6.16. The Morgan fingerprint density at radius 3 is 2.70 bits per heavy atom. The van der Waals surface area contributed by atoms with Crippen LogP contribution in [0.2, 0.25) is 5.02 Å². The maximum atomic E-state index is 12.0. The van der Waals surface area contributed by atoms with E-state index in [4.69, 9.17) is 16.3 Å². The molecule has 0 aliphatic rings. The summed E-state index contributed by atoms with van der Waals surface area (Å²) in [7, 11) is 0. The molecule has 102 valence electrons. The van der Waals surface area contributed by atoms with Gasteiger partial charge >= 0.3 is 5.97 Å². The van der Waals surface area contributed by atoms with Gasteiger partial charge in [0.05, 0.1) is 23.2 Å². The van der Waals surface area contributed by atoms with E-state index >= 15 is 0 Å². The van der Waals surface area contributed by atoms with E-state index in [-0.39, 0.29) is 5.97 Å². The number of para-hydroxylation sites is 1. The molecule has 0 spiro atoms. The molecule has 0 aliphatic carbocycles. The van der Waals surface area contributed by atoms with Crippen molar-refractivity contribution in [2.24, 2.45) is 0 Å². The molecule has 2 aromatic carbocycles. The quantitative estimate of drug-likeness (QED) is 0.707. The minimum atomic E-state index is -0.312. The Labute approximate surface area is 121 Å². The summed E-state index contributed by atoms with van der Waals surface area (Å²) < 4.78 is 5.10. The van der Waals surface area contributed by atoms with Crippen LogP contribution in [0.5, 0.6) is 0 Å². The van der Waals surface area contributed by atoms with Gasteiger partial charge in [0.2, 0.25) is 0 Å². The SMILES string of the molecule is CCOC(=O)c1cccc2c1[nH]c1c(C)c(Cl)ccc12. The molecule has 0 bridgehead atoms. The fourth-order valence-corrected chi connectivity index (χ4v) is 2.64. The highest BCUT2D eigenvalue weighted by molar-refractivity contribution is 6.32. The number of hydrogen-bond donors (Lipinski definition) is 1. The molecule has 0 saturated heterocycles. The molecule has 0 aliphatic heterocycles. The Kier molecular flexibility index (Phi) is 3.14. The Hall–Kier alpha value is -2.00. The monoisotopic (exact) mass is 287 g/mol. The number of aromatic amines is 1. The van der Waals surface area contributed by atoms with Gasteiger partial charge in [-0.3, -0.25) is 0 Å². The first-order valence-corrected chi connectivity index (χ1v) is 6.88. The number of carbonyl (C=O) groups is 1. The van der Waals surface area contributed by atoms with Gasteiger partial charge in [0.25, 0.3) is 0 Å². The number of hydrogen-bond acceptors (Lipinski definition) is 2. The lowest BCUT2D eigenvalue weighted by Gasteiger charge is -2.02. The smallest absolute Gasteiger partial charge is 0.340 e. The van der Waals surface area contributed by atoms with Crippen LogP contribution in [0.15, 0.2) is 30.3 Å². The highest BCUT2D eigenvalue weighted by atomic mass is 35.5. The number of benzene rings is 2. The first-order chi connectivity index (χ1) is 9.63. The zero-order valence-electron chi connectivity index (χ0n) is 11.3. The lowest BCUT2D eigenvalue weighted by Crippen LogP contribution is -2.05. The number of fused-ring (bicyclic) bond motifs is 3. The third-order valence-electron chi connectivity index (χ3n) is 3.50. The van der Waals surface area contributed by atoms with Crippen molar-refractivity contribution in [3.63, 3.8) is 0 Å². The van der Waals surface area contributed by atoms with Crippen molar-refractivity contribution in [1.82, 2.24) is 4.98 Å². The molecule has 4 heteroatoms. The van der Waals surface area contributed by atoms with Crippen molar-refractivity contribution >= 4 is 39.4 Å². The lowest BCUT2D eigenvalue weighted by atomic mass is 10.1. The maximum Gasteiger partial charge on any atom is 0.340 e. The van der Waals surface area contributed by atoms with E-state index in [2.05, 4.69) is 4.98 Å². The molecule has 1 aromatic heterocycles. The van der Waals surface area contributed by atoms with Crippen molar-refractivity contribution < 1.29 is 9.53 Å². The third kappa shape index (κ3) is 1.86. The molecule has 0 unspecified atom stereocenters. The van der Waals surface area contributed by atoms with Crippen molar-refractivity contribution in [3.8, 4) is 0 Å². The summed E-state index contributed by atoms with van der Waals surface area (Å²) in [5, 5.41) is 2.78. The first kappa shape index (κ1) is 13.0. The van der Waals surface area contributed by atoms with Crippen LogP contribution >= 0.6 is 11.6 Å². The van der Waals surface area contributed by atoms with Crippen molar-refractivity contribution in [2.45, 2.75) is 13.8 Å². The second-order valence-electron chi connectivity index (χ2n) is 4.67. The van der Waals surface area contributed by atoms with Gasteiger partial charge in [-0.1, -0.05) is 29.8 Å². The number of rotatable bonds is 2. The predicted octanol–water partition coefficient (Wildman–Crippen LogP) is 4.46. The van der Waals surface area contributed by atoms with Crippen LogP contribution in [0.1, 0.15) is 22.8 Å². The van der Waals surface area contributed by atoms with Crippen LogP contribution in [-0.4, -0.2) is 17.6 Å². The normalized spacial score (nSPS) is 11.2. The van der Waals surface area contributed by atoms with Crippen molar-refractivity contribution in [1.29, 1.82) is 0 Å². The lowest BCUT2D eigenvalue weighted by molar-refractivity contribution is 0.0528. The van der Waals surface area contributed by atoms with E-state index in [0.717, 1.165) is 27.4 Å². The zero-order chi connectivity index (χ0) is 14.3. The summed E-state index contributed by atoms with van der Waals surface area (Å²) in [6, 6.07) is 9.48. The second kappa shape index (κ2) is 4.84. The Balaban J connectivity index is 2.35. The van der Waals surface area contributed by atoms with Crippen LogP contribution in [-0.2, 0) is 4.74 Å². The highest BCUT2D eigenvalue weighted by Crippen LogP contribution is 2.32. The van der Waals surface area contributed by atoms with Gasteiger partial charge < -0.3 is 9.72 Å². The average Bonchev–Trinajstić information content (AvgIpc) is 2.82. The Bertz CT molecular complexity index is 820. The number of carbonyl (C=O) groups excluding carboxylic acids is 1. The maximum absolute atomic E-state index is 12.0. The molecule has 3 rings (SSSR count). The van der Waals surface area contributed by atoms with E-state index < -0.39 is 0 Å². The molecule has 3 aromatic rings. The molecule has 3 nitrogen and oxygen atoms in total. The van der Waals surface area contributed by atoms with E-state index in [1.54, 1.807) is 13.0 Å². The highest BCUT2D eigenvalue weighted by Gasteiger charge is 2.15. The number of halogens is 1. The fraction of sp³-hybridized carbons (Fsp3) is 0.188. The van der Waals surface area contributed by atoms with Gasteiger partial charge in [0.1, 0.15) is 0 Å². The molecular weight excluding hydrogens is 274 g/mol. The first-order valence-electron chi connectivity index (χ1n) is 6.50. The summed E-state index contributed by atoms with van der Waals surface area (Å²) in [6.07, 6.45) is 0. The van der Waals surface area contributed by atoms with Crippen LogP contribution in [0.4, 0.5) is 0 Å². The Morgan fingerprint density at radius 2 is 1.95 bits per heavy atom. The number of aryl methyl sites for hydroxylation is 1. The average molecular weight is 288 g/mol. The van der Waals surface area contributed by atoms with E-state index in [1.807, 2.05) is 31.2 Å². The second-order valence-corrected chi connectivity index (χ2v) is 5.08. The number of esters is 1. The summed E-state index contributed by atoms with van der Waals surface area (Å²) in [6.45, 7) is 4.12. The van der Waals surface area contributed by atoms with Gasteiger partial charge in [-0.05, 0) is 31.5 Å². The number of ether oxygens (including phenoxy) is 1. The van der Waals surface area contributed by atoms with Gasteiger partial charge in [-0.15, -0.1) is 0 Å². The van der Waals surface area contributed by atoms with Crippen LogP contribution in [0, 0.1) is 6.92 Å². The topological polar surface area (TPSA) is 42.1 Å². The molecular formula is C16H14ClNO2. The summed E-state index contributed by atoms with van der Waals surface area (Å²) in [5.41, 5.74) is 3.29. The molecule has 0 saturated carbocycles. The molecule has 20 heavy (non-hydrogen) atoms. The zero-order valence-corrected chi connectivity index (χ0v) is 12.0. The largest absolute Gasteiger partial charge is 0.462 e. The molecule has 1 N–H and O–H groups in total. The third-order valence-corrected chi connectivity index (χ3v) is 3.91. The van der Waals surface area contributed by atoms with Crippen molar-refractivity contribution in [2.75, 3.05) is 6.61 Å². The van der Waals surface area contributed by atoms with Gasteiger partial charge in [-0.25, -0.2) is 4.79 Å². The van der Waals surface area contributed by atoms with Crippen LogP contribution in [0.3, 0.4) is 0 Å². The van der Waals surface area contributed by atoms with Crippen LogP contribution in [0.25, 0.3) is 21.8 Å². The molecule has 0 fully saturated rings. The number of H-pyrrole nitrogens is 1. The fourth-order valence-electron chi connectivity index (χ4n) is 2.49. The van der Waals surface area contributed by atoms with Crippen LogP contribution < -0.4 is 0 Å². The summed E-state index contributed by atoms with van der Waals surface area (Å²) in [4.78, 5) is 15.3. The van der Waals surface area contributed by atoms with E-state index in [9.17, 15) is 4.79 Å². The molecule has 1 heterocycles. The molecule has 0 amide bonds. The number of nitrogens with one attached hydrogen (secondary N) is 1. The molecule has 0 atom stereocenters. The van der Waals surface area contributed by atoms with Gasteiger partial charge in [0, 0.05) is 15.8 Å². The predicted molar refractivity (Wildman–Crippen MR) is 81.5 cm³/mol. The van der Waals surface area contributed by atoms with Gasteiger partial charge in [-0.2, -0.15) is 0 Å². The minimum Gasteiger partial charge on any atom is -0.462 e. The Morgan fingerprint density at radius 1 is 1.20 bits per heavy atom. The number of aromatic nitrogens is 1.